The number of phenols is 1. The van der Waals surface area contributed by atoms with Crippen LogP contribution in [0, 0.1) is 10.1 Å². The number of amides is 1. The van der Waals surface area contributed by atoms with Gasteiger partial charge in [-0.2, -0.15) is 5.10 Å². The fourth-order valence-electron chi connectivity index (χ4n) is 2.30. The number of hydrogen-bond acceptors (Lipinski definition) is 7. The number of aromatic hydroxyl groups is 1. The molecule has 0 spiro atoms. The second kappa shape index (κ2) is 6.97. The lowest BCUT2D eigenvalue weighted by Gasteiger charge is -2.10. The van der Waals surface area contributed by atoms with Gasteiger partial charge in [0.2, 0.25) is 0 Å². The first-order valence-corrected chi connectivity index (χ1v) is 7.57. The van der Waals surface area contributed by atoms with Gasteiger partial charge in [-0.15, -0.1) is 5.10 Å². The van der Waals surface area contributed by atoms with Gasteiger partial charge in [0.1, 0.15) is 17.3 Å². The van der Waals surface area contributed by atoms with E-state index in [4.69, 9.17) is 0 Å². The number of phenolic OH excluding ortho intramolecular Hbond substituents is 1. The number of aromatic nitrogens is 3. The number of fused-ring (bicyclic) bond motifs is 1. The molecule has 3 aromatic rings. The number of nitrogens with zero attached hydrogens (tertiary/aromatic N) is 5. The van der Waals surface area contributed by atoms with E-state index in [-0.39, 0.29) is 17.0 Å². The molecule has 0 aliphatic rings. The van der Waals surface area contributed by atoms with Crippen molar-refractivity contribution in [1.29, 1.82) is 0 Å². The summed E-state index contributed by atoms with van der Waals surface area (Å²) in [5.74, 6) is -0.647. The first-order valence-electron chi connectivity index (χ1n) is 7.57. The molecule has 0 saturated heterocycles. The number of carbonyl (C=O) groups excluding carboxylic acids is 1. The van der Waals surface area contributed by atoms with Crippen molar-refractivity contribution in [2.75, 3.05) is 0 Å². The lowest BCUT2D eigenvalue weighted by molar-refractivity contribution is -0.384. The lowest BCUT2D eigenvalue weighted by atomic mass is 10.2. The van der Waals surface area contributed by atoms with Gasteiger partial charge in [0.25, 0.3) is 11.6 Å². The molecule has 1 aromatic heterocycles. The number of nitro groups is 1. The fourth-order valence-corrected chi connectivity index (χ4v) is 2.30. The summed E-state index contributed by atoms with van der Waals surface area (Å²) >= 11 is 0. The zero-order valence-electron chi connectivity index (χ0n) is 13.6. The van der Waals surface area contributed by atoms with Crippen LogP contribution in [0.3, 0.4) is 0 Å². The fraction of sp³-hybridized carbons (Fsp3) is 0.125. The number of hydrogen-bond donors (Lipinski definition) is 2. The van der Waals surface area contributed by atoms with E-state index >= 15 is 0 Å². The molecule has 3 rings (SSSR count). The number of hydrazone groups is 1. The maximum Gasteiger partial charge on any atom is 0.270 e. The normalized spacial score (nSPS) is 12.3. The Bertz CT molecular complexity index is 1010. The van der Waals surface area contributed by atoms with E-state index in [0.29, 0.717) is 11.0 Å². The monoisotopic (exact) mass is 354 g/mol. The molecule has 0 saturated carbocycles. The minimum absolute atomic E-state index is 0.110. The second-order valence-corrected chi connectivity index (χ2v) is 5.43. The summed E-state index contributed by atoms with van der Waals surface area (Å²) in [6.07, 6.45) is 1.13. The third-order valence-corrected chi connectivity index (χ3v) is 3.72. The highest BCUT2D eigenvalue weighted by Crippen LogP contribution is 2.21. The largest absolute Gasteiger partial charge is 0.507 e. The predicted molar refractivity (Wildman–Crippen MR) is 92.7 cm³/mol. The van der Waals surface area contributed by atoms with Crippen molar-refractivity contribution < 1.29 is 14.8 Å². The van der Waals surface area contributed by atoms with Crippen molar-refractivity contribution in [2.24, 2.45) is 5.10 Å². The van der Waals surface area contributed by atoms with Gasteiger partial charge in [-0.05, 0) is 25.1 Å². The molecule has 1 amide bonds. The Balaban J connectivity index is 1.73. The maximum absolute atomic E-state index is 12.3. The van der Waals surface area contributed by atoms with Gasteiger partial charge in [-0.25, -0.2) is 10.1 Å². The summed E-state index contributed by atoms with van der Waals surface area (Å²) in [5.41, 5.74) is 3.60. The van der Waals surface area contributed by atoms with Gasteiger partial charge in [0, 0.05) is 17.7 Å². The molecule has 0 fully saturated rings. The zero-order valence-corrected chi connectivity index (χ0v) is 13.6. The molecule has 0 bridgehead atoms. The minimum atomic E-state index is -0.682. The molecule has 2 aromatic carbocycles. The number of nitro benzene ring substituents is 1. The topological polar surface area (TPSA) is 136 Å². The van der Waals surface area contributed by atoms with Crippen LogP contribution in [0.15, 0.2) is 47.6 Å². The lowest BCUT2D eigenvalue weighted by Crippen LogP contribution is -2.28. The van der Waals surface area contributed by atoms with Crippen LogP contribution in [0.4, 0.5) is 5.69 Å². The Morgan fingerprint density at radius 1 is 1.38 bits per heavy atom. The van der Waals surface area contributed by atoms with Gasteiger partial charge in [0.15, 0.2) is 0 Å². The van der Waals surface area contributed by atoms with E-state index in [2.05, 4.69) is 20.8 Å². The van der Waals surface area contributed by atoms with E-state index in [1.165, 1.54) is 16.8 Å². The van der Waals surface area contributed by atoms with Crippen LogP contribution in [0.25, 0.3) is 11.0 Å². The first kappa shape index (κ1) is 17.0. The Kier molecular flexibility index (Phi) is 4.56. The van der Waals surface area contributed by atoms with E-state index < -0.39 is 16.9 Å². The molecule has 1 atom stereocenters. The van der Waals surface area contributed by atoms with Gasteiger partial charge in [0.05, 0.1) is 16.7 Å². The Morgan fingerprint density at radius 3 is 2.92 bits per heavy atom. The molecule has 10 nitrogen and oxygen atoms in total. The summed E-state index contributed by atoms with van der Waals surface area (Å²) in [5, 5.41) is 32.2. The average molecular weight is 354 g/mol. The molecular formula is C16H14N6O4. The van der Waals surface area contributed by atoms with E-state index in [1.807, 2.05) is 12.1 Å². The smallest absolute Gasteiger partial charge is 0.270 e. The van der Waals surface area contributed by atoms with Crippen molar-refractivity contribution >= 4 is 28.8 Å². The highest BCUT2D eigenvalue weighted by atomic mass is 16.6. The van der Waals surface area contributed by atoms with Gasteiger partial charge < -0.3 is 5.11 Å². The summed E-state index contributed by atoms with van der Waals surface area (Å²) in [7, 11) is 0. The molecular weight excluding hydrogens is 340 g/mol. The molecule has 26 heavy (non-hydrogen) atoms. The molecule has 0 aliphatic heterocycles. The van der Waals surface area contributed by atoms with E-state index in [9.17, 15) is 20.0 Å². The Hall–Kier alpha value is -3.82. The highest BCUT2D eigenvalue weighted by Gasteiger charge is 2.18. The SMILES string of the molecule is C[C@@H](C(=O)N/N=C/c1cc([N+](=O)[O-])ccc1O)n1nnc2ccccc21. The molecule has 2 N–H and O–H groups in total. The van der Waals surface area contributed by atoms with Gasteiger partial charge in [-0.3, -0.25) is 14.9 Å². The van der Waals surface area contributed by atoms with Crippen molar-refractivity contribution in [2.45, 2.75) is 13.0 Å². The van der Waals surface area contributed by atoms with Crippen LogP contribution >= 0.6 is 0 Å². The van der Waals surface area contributed by atoms with E-state index in [0.717, 1.165) is 12.3 Å². The maximum atomic E-state index is 12.3. The molecule has 0 radical (unpaired) electrons. The highest BCUT2D eigenvalue weighted by molar-refractivity contribution is 5.87. The van der Waals surface area contributed by atoms with Crippen LogP contribution in [0.1, 0.15) is 18.5 Å². The summed E-state index contributed by atoms with van der Waals surface area (Å²) < 4.78 is 1.46. The Morgan fingerprint density at radius 2 is 2.15 bits per heavy atom. The standard InChI is InChI=1S/C16H14N6O4/c1-10(21-14-5-3-2-4-13(14)18-20-21)16(24)19-17-9-11-8-12(22(25)26)6-7-15(11)23/h2-10,23H,1H3,(H,19,24)/b17-9+/t10-/m0/s1. The summed E-state index contributed by atoms with van der Waals surface area (Å²) in [4.78, 5) is 22.4. The van der Waals surface area contributed by atoms with Gasteiger partial charge >= 0.3 is 0 Å². The van der Waals surface area contributed by atoms with Crippen LogP contribution in [-0.2, 0) is 4.79 Å². The molecule has 0 aliphatic carbocycles. The van der Waals surface area contributed by atoms with Crippen LogP contribution in [-0.4, -0.2) is 37.1 Å². The predicted octanol–water partition coefficient (Wildman–Crippen LogP) is 1.76. The third kappa shape index (κ3) is 3.34. The second-order valence-electron chi connectivity index (χ2n) is 5.43. The van der Waals surface area contributed by atoms with Crippen LogP contribution in [0.2, 0.25) is 0 Å². The molecule has 132 valence electrons. The minimum Gasteiger partial charge on any atom is -0.507 e. The quantitative estimate of drug-likeness (QED) is 0.407. The number of non-ortho nitro benzene ring substituents is 1. The molecule has 0 unspecified atom stereocenters. The molecule has 1 heterocycles. The van der Waals surface area contributed by atoms with E-state index in [1.54, 1.807) is 19.1 Å². The van der Waals surface area contributed by atoms with Crippen molar-refractivity contribution in [3.05, 3.63) is 58.1 Å². The number of rotatable bonds is 5. The number of para-hydroxylation sites is 1. The first-order chi connectivity index (χ1) is 12.5. The summed E-state index contributed by atoms with van der Waals surface area (Å²) in [6.45, 7) is 1.64. The van der Waals surface area contributed by atoms with Crippen molar-refractivity contribution in [3.8, 4) is 5.75 Å². The van der Waals surface area contributed by atoms with Crippen LogP contribution in [0.5, 0.6) is 5.75 Å². The number of benzene rings is 2. The molecule has 10 heteroatoms. The number of carbonyl (C=O) groups is 1. The Labute approximate surface area is 146 Å². The average Bonchev–Trinajstić information content (AvgIpc) is 3.06. The van der Waals surface area contributed by atoms with Gasteiger partial charge in [-0.1, -0.05) is 17.3 Å². The number of nitrogens with one attached hydrogen (secondary N) is 1. The van der Waals surface area contributed by atoms with Crippen molar-refractivity contribution in [1.82, 2.24) is 20.4 Å². The summed E-state index contributed by atoms with van der Waals surface area (Å²) in [6, 6.07) is 10.0. The van der Waals surface area contributed by atoms with Crippen molar-refractivity contribution in [3.63, 3.8) is 0 Å². The van der Waals surface area contributed by atoms with Crippen LogP contribution < -0.4 is 5.43 Å². The zero-order chi connectivity index (χ0) is 18.7. The third-order valence-electron chi connectivity index (χ3n) is 3.72.